The molecule has 1 heterocycles. The molecule has 184 valence electrons. The van der Waals surface area contributed by atoms with Gasteiger partial charge in [-0.25, -0.2) is 8.42 Å². The van der Waals surface area contributed by atoms with Gasteiger partial charge in [0.1, 0.15) is 5.75 Å². The summed E-state index contributed by atoms with van der Waals surface area (Å²) in [5, 5.41) is 2.84. The first kappa shape index (κ1) is 24.4. The molecule has 0 fully saturated rings. The zero-order chi connectivity index (χ0) is 25.2. The van der Waals surface area contributed by atoms with E-state index >= 15 is 0 Å². The maximum absolute atomic E-state index is 13.5. The van der Waals surface area contributed by atoms with E-state index < -0.39 is 22.0 Å². The molecule has 0 aliphatic carbocycles. The van der Waals surface area contributed by atoms with E-state index in [4.69, 9.17) is 14.2 Å². The van der Waals surface area contributed by atoms with Crippen LogP contribution in [0.1, 0.15) is 16.7 Å². The molecule has 9 heteroatoms. The van der Waals surface area contributed by atoms with E-state index in [9.17, 15) is 13.2 Å². The average Bonchev–Trinajstić information content (AvgIpc) is 2.86. The van der Waals surface area contributed by atoms with Gasteiger partial charge in [0.25, 0.3) is 15.9 Å². The molecule has 0 aromatic heterocycles. The lowest BCUT2D eigenvalue weighted by Crippen LogP contribution is -2.50. The zero-order valence-corrected chi connectivity index (χ0v) is 20.9. The molecule has 0 bridgehead atoms. The maximum Gasteiger partial charge on any atom is 0.264 e. The van der Waals surface area contributed by atoms with Crippen LogP contribution in [0.2, 0.25) is 0 Å². The van der Waals surface area contributed by atoms with Crippen molar-refractivity contribution >= 4 is 21.6 Å². The van der Waals surface area contributed by atoms with Crippen LogP contribution in [0.5, 0.6) is 17.2 Å². The highest BCUT2D eigenvalue weighted by Crippen LogP contribution is 2.38. The Labute approximate surface area is 205 Å². The quantitative estimate of drug-likeness (QED) is 0.537. The number of nitrogens with one attached hydrogen (secondary N) is 1. The number of rotatable bonds is 7. The van der Waals surface area contributed by atoms with Crippen molar-refractivity contribution in [3.63, 3.8) is 0 Å². The predicted octanol–water partition coefficient (Wildman–Crippen LogP) is 3.59. The van der Waals surface area contributed by atoms with Gasteiger partial charge in [0, 0.05) is 6.54 Å². The first-order chi connectivity index (χ1) is 16.7. The molecule has 1 atom stereocenters. The Morgan fingerprint density at radius 2 is 1.66 bits per heavy atom. The third kappa shape index (κ3) is 5.05. The Hall–Kier alpha value is -3.72. The smallest absolute Gasteiger partial charge is 0.264 e. The van der Waals surface area contributed by atoms with E-state index in [2.05, 4.69) is 5.32 Å². The number of nitrogens with zero attached hydrogens (tertiary/aromatic N) is 1. The average molecular weight is 497 g/mol. The number of aryl methyl sites for hydroxylation is 2. The summed E-state index contributed by atoms with van der Waals surface area (Å²) in [6.07, 6.45) is -1.02. The minimum atomic E-state index is -3.91. The molecule has 3 aromatic carbocycles. The molecule has 0 unspecified atom stereocenters. The number of methoxy groups -OCH3 is 2. The first-order valence-corrected chi connectivity index (χ1v) is 12.5. The van der Waals surface area contributed by atoms with E-state index in [1.165, 1.54) is 4.31 Å². The lowest BCUT2D eigenvalue weighted by Gasteiger charge is -2.35. The molecule has 0 radical (unpaired) electrons. The second-order valence-electron chi connectivity index (χ2n) is 8.33. The molecule has 0 saturated carbocycles. The van der Waals surface area contributed by atoms with Gasteiger partial charge < -0.3 is 19.5 Å². The van der Waals surface area contributed by atoms with Crippen molar-refractivity contribution in [1.82, 2.24) is 5.32 Å². The number of hydrogen-bond acceptors (Lipinski definition) is 6. The standard InChI is InChI=1S/C26H28N2O6S/c1-17-5-9-20(10-6-17)35(30,31)28-16-25(34-23-13-18(2)7-11-21(23)28)26(29)27-15-19-8-12-22(32-3)24(14-19)33-4/h5-14,25H,15-16H2,1-4H3,(H,27,29)/t25-/m1/s1. The third-order valence-corrected chi connectivity index (χ3v) is 7.59. The normalized spacial score (nSPS) is 15.1. The monoisotopic (exact) mass is 496 g/mol. The summed E-state index contributed by atoms with van der Waals surface area (Å²) in [6, 6.07) is 17.2. The predicted molar refractivity (Wildman–Crippen MR) is 133 cm³/mol. The fraction of sp³-hybridized carbons (Fsp3) is 0.269. The molecule has 1 aliphatic rings. The summed E-state index contributed by atoms with van der Waals surface area (Å²) in [7, 11) is -0.821. The summed E-state index contributed by atoms with van der Waals surface area (Å²) >= 11 is 0. The minimum Gasteiger partial charge on any atom is -0.493 e. The second-order valence-corrected chi connectivity index (χ2v) is 10.2. The molecule has 4 rings (SSSR count). The summed E-state index contributed by atoms with van der Waals surface area (Å²) in [5.41, 5.74) is 3.05. The fourth-order valence-corrected chi connectivity index (χ4v) is 5.33. The van der Waals surface area contributed by atoms with E-state index in [-0.39, 0.29) is 18.0 Å². The maximum atomic E-state index is 13.5. The Morgan fingerprint density at radius 3 is 2.34 bits per heavy atom. The lowest BCUT2D eigenvalue weighted by atomic mass is 10.1. The highest BCUT2D eigenvalue weighted by Gasteiger charge is 2.37. The Kier molecular flexibility index (Phi) is 6.88. The number of ether oxygens (including phenoxy) is 3. The van der Waals surface area contributed by atoms with Gasteiger partial charge in [0.15, 0.2) is 17.6 Å². The molecule has 0 spiro atoms. The van der Waals surface area contributed by atoms with Gasteiger partial charge in [-0.05, 0) is 61.4 Å². The van der Waals surface area contributed by atoms with Crippen LogP contribution in [0.15, 0.2) is 65.6 Å². The molecule has 0 saturated heterocycles. The Morgan fingerprint density at radius 1 is 0.971 bits per heavy atom. The molecule has 1 N–H and O–H groups in total. The Balaban J connectivity index is 1.58. The van der Waals surface area contributed by atoms with Crippen molar-refractivity contribution in [3.8, 4) is 17.2 Å². The van der Waals surface area contributed by atoms with Gasteiger partial charge in [-0.2, -0.15) is 0 Å². The summed E-state index contributed by atoms with van der Waals surface area (Å²) < 4.78 is 44.8. The van der Waals surface area contributed by atoms with E-state index in [0.29, 0.717) is 22.9 Å². The second kappa shape index (κ2) is 9.87. The highest BCUT2D eigenvalue weighted by atomic mass is 32.2. The van der Waals surface area contributed by atoms with E-state index in [1.54, 1.807) is 62.8 Å². The van der Waals surface area contributed by atoms with Gasteiger partial charge >= 0.3 is 0 Å². The SMILES string of the molecule is COc1ccc(CNC(=O)[C@H]2CN(S(=O)(=O)c3ccc(C)cc3)c3ccc(C)cc3O2)cc1OC. The van der Waals surface area contributed by atoms with Gasteiger partial charge in [-0.3, -0.25) is 9.10 Å². The van der Waals surface area contributed by atoms with Crippen LogP contribution in [0, 0.1) is 13.8 Å². The fourth-order valence-electron chi connectivity index (χ4n) is 3.86. The summed E-state index contributed by atoms with van der Waals surface area (Å²) in [5.74, 6) is 1.06. The summed E-state index contributed by atoms with van der Waals surface area (Å²) in [6.45, 7) is 3.83. The Bertz CT molecular complexity index is 1340. The van der Waals surface area contributed by atoms with Crippen LogP contribution < -0.4 is 23.8 Å². The minimum absolute atomic E-state index is 0.149. The van der Waals surface area contributed by atoms with Crippen LogP contribution in [0.25, 0.3) is 0 Å². The van der Waals surface area contributed by atoms with Crippen LogP contribution in [0.3, 0.4) is 0 Å². The number of fused-ring (bicyclic) bond motifs is 1. The van der Waals surface area contributed by atoms with Gasteiger partial charge in [-0.15, -0.1) is 0 Å². The van der Waals surface area contributed by atoms with Crippen molar-refractivity contribution in [2.75, 3.05) is 25.1 Å². The third-order valence-electron chi connectivity index (χ3n) is 5.80. The highest BCUT2D eigenvalue weighted by molar-refractivity contribution is 7.92. The lowest BCUT2D eigenvalue weighted by molar-refractivity contribution is -0.127. The number of benzene rings is 3. The van der Waals surface area contributed by atoms with E-state index in [0.717, 1.165) is 16.7 Å². The van der Waals surface area contributed by atoms with E-state index in [1.807, 2.05) is 26.0 Å². The largest absolute Gasteiger partial charge is 0.493 e. The van der Waals surface area contributed by atoms with Gasteiger partial charge in [0.05, 0.1) is 31.3 Å². The van der Waals surface area contributed by atoms with Crippen LogP contribution >= 0.6 is 0 Å². The van der Waals surface area contributed by atoms with Crippen molar-refractivity contribution in [1.29, 1.82) is 0 Å². The number of anilines is 1. The molecule has 8 nitrogen and oxygen atoms in total. The number of hydrogen-bond donors (Lipinski definition) is 1. The van der Waals surface area contributed by atoms with Crippen molar-refractivity contribution < 1.29 is 27.4 Å². The van der Waals surface area contributed by atoms with Crippen LogP contribution in [-0.4, -0.2) is 41.2 Å². The molecular formula is C26H28N2O6S. The topological polar surface area (TPSA) is 94.2 Å². The molecular weight excluding hydrogens is 468 g/mol. The van der Waals surface area contributed by atoms with Crippen LogP contribution in [0.4, 0.5) is 5.69 Å². The van der Waals surface area contributed by atoms with Crippen LogP contribution in [-0.2, 0) is 21.4 Å². The number of carbonyl (C=O) groups is 1. The van der Waals surface area contributed by atoms with Gasteiger partial charge in [0.2, 0.25) is 0 Å². The first-order valence-electron chi connectivity index (χ1n) is 11.1. The van der Waals surface area contributed by atoms with Crippen molar-refractivity contribution in [3.05, 3.63) is 77.4 Å². The molecule has 1 amide bonds. The van der Waals surface area contributed by atoms with Gasteiger partial charge in [-0.1, -0.05) is 29.8 Å². The molecule has 35 heavy (non-hydrogen) atoms. The van der Waals surface area contributed by atoms with Crippen molar-refractivity contribution in [2.24, 2.45) is 0 Å². The molecule has 1 aliphatic heterocycles. The molecule has 3 aromatic rings. The zero-order valence-electron chi connectivity index (χ0n) is 20.1. The number of amides is 1. The number of carbonyl (C=O) groups excluding carboxylic acids is 1. The van der Waals surface area contributed by atoms with Crippen molar-refractivity contribution in [2.45, 2.75) is 31.4 Å². The summed E-state index contributed by atoms with van der Waals surface area (Å²) in [4.78, 5) is 13.2. The number of sulfonamides is 1.